The van der Waals surface area contributed by atoms with Gasteiger partial charge in [-0.3, -0.25) is 4.79 Å². The van der Waals surface area contributed by atoms with Crippen LogP contribution in [0.4, 0.5) is 5.69 Å². The molecule has 0 aliphatic rings. The van der Waals surface area contributed by atoms with Gasteiger partial charge in [0.2, 0.25) is 5.91 Å². The van der Waals surface area contributed by atoms with Crippen molar-refractivity contribution in [1.29, 1.82) is 0 Å². The fourth-order valence-corrected chi connectivity index (χ4v) is 1.52. The van der Waals surface area contributed by atoms with Gasteiger partial charge in [-0.1, -0.05) is 6.07 Å². The highest BCUT2D eigenvalue weighted by molar-refractivity contribution is 5.92. The number of hydrogen-bond donors (Lipinski definition) is 0. The first kappa shape index (κ1) is 12.2. The van der Waals surface area contributed by atoms with Gasteiger partial charge in [0.05, 0.1) is 12.8 Å². The molecular weight excluding hydrogens is 206 g/mol. The number of aldehydes is 1. The van der Waals surface area contributed by atoms with Crippen LogP contribution >= 0.6 is 0 Å². The maximum atomic E-state index is 11.3. The molecular formula is C12H15NO3. The number of hydrogen-bond acceptors (Lipinski definition) is 3. The monoisotopic (exact) mass is 221 g/mol. The Bertz CT molecular complexity index is 401. The third kappa shape index (κ3) is 2.39. The second-order valence-electron chi connectivity index (χ2n) is 3.41. The lowest BCUT2D eigenvalue weighted by atomic mass is 10.1. The molecule has 0 spiro atoms. The number of nitrogens with zero attached hydrogens (tertiary/aromatic N) is 1. The number of carbonyl (C=O) groups is 2. The Balaban J connectivity index is 3.25. The quantitative estimate of drug-likeness (QED) is 0.722. The minimum Gasteiger partial charge on any atom is -0.496 e. The highest BCUT2D eigenvalue weighted by Gasteiger charge is 2.14. The molecule has 0 bridgehead atoms. The van der Waals surface area contributed by atoms with Gasteiger partial charge < -0.3 is 14.4 Å². The summed E-state index contributed by atoms with van der Waals surface area (Å²) in [7, 11) is 3.21. The SMILES string of the molecule is COc1cccc(N(C)C(C)=O)c1CC=O. The van der Waals surface area contributed by atoms with Gasteiger partial charge in [0, 0.05) is 26.0 Å². The molecule has 0 aliphatic carbocycles. The van der Waals surface area contributed by atoms with E-state index in [1.165, 1.54) is 11.8 Å². The van der Waals surface area contributed by atoms with Crippen LogP contribution in [-0.4, -0.2) is 26.4 Å². The number of carbonyl (C=O) groups excluding carboxylic acids is 2. The van der Waals surface area contributed by atoms with E-state index in [4.69, 9.17) is 4.74 Å². The molecule has 0 unspecified atom stereocenters. The molecule has 0 atom stereocenters. The number of benzene rings is 1. The largest absolute Gasteiger partial charge is 0.496 e. The molecule has 1 rings (SSSR count). The van der Waals surface area contributed by atoms with E-state index in [1.54, 1.807) is 32.4 Å². The molecule has 0 radical (unpaired) electrons. The van der Waals surface area contributed by atoms with Crippen LogP contribution < -0.4 is 9.64 Å². The molecule has 4 heteroatoms. The van der Waals surface area contributed by atoms with Crippen molar-refractivity contribution in [1.82, 2.24) is 0 Å². The summed E-state index contributed by atoms with van der Waals surface area (Å²) >= 11 is 0. The minimum absolute atomic E-state index is 0.0830. The summed E-state index contributed by atoms with van der Waals surface area (Å²) in [5.74, 6) is 0.540. The lowest BCUT2D eigenvalue weighted by Crippen LogP contribution is -2.24. The third-order valence-corrected chi connectivity index (χ3v) is 2.45. The first-order chi connectivity index (χ1) is 7.61. The van der Waals surface area contributed by atoms with Crippen molar-refractivity contribution in [3.05, 3.63) is 23.8 Å². The average molecular weight is 221 g/mol. The zero-order valence-corrected chi connectivity index (χ0v) is 9.69. The second-order valence-corrected chi connectivity index (χ2v) is 3.41. The summed E-state index contributed by atoms with van der Waals surface area (Å²) in [5.41, 5.74) is 1.44. The van der Waals surface area contributed by atoms with E-state index >= 15 is 0 Å². The van der Waals surface area contributed by atoms with Gasteiger partial charge in [-0.25, -0.2) is 0 Å². The van der Waals surface area contributed by atoms with E-state index in [9.17, 15) is 9.59 Å². The van der Waals surface area contributed by atoms with E-state index < -0.39 is 0 Å². The van der Waals surface area contributed by atoms with Gasteiger partial charge in [-0.2, -0.15) is 0 Å². The molecule has 16 heavy (non-hydrogen) atoms. The Hall–Kier alpha value is -1.84. The molecule has 0 aliphatic heterocycles. The topological polar surface area (TPSA) is 46.6 Å². The Labute approximate surface area is 94.8 Å². The molecule has 0 fully saturated rings. The van der Waals surface area contributed by atoms with Crippen LogP contribution in [0.1, 0.15) is 12.5 Å². The molecule has 1 aromatic carbocycles. The average Bonchev–Trinajstić information content (AvgIpc) is 2.28. The van der Waals surface area contributed by atoms with Crippen molar-refractivity contribution < 1.29 is 14.3 Å². The first-order valence-corrected chi connectivity index (χ1v) is 4.95. The van der Waals surface area contributed by atoms with Gasteiger partial charge in [0.1, 0.15) is 12.0 Å². The van der Waals surface area contributed by atoms with Gasteiger partial charge >= 0.3 is 0 Å². The summed E-state index contributed by atoms with van der Waals surface area (Å²) in [6.07, 6.45) is 1.03. The van der Waals surface area contributed by atoms with Gasteiger partial charge in [0.25, 0.3) is 0 Å². The number of ether oxygens (including phenoxy) is 1. The Morgan fingerprint density at radius 3 is 2.69 bits per heavy atom. The van der Waals surface area contributed by atoms with Crippen LogP contribution in [0, 0.1) is 0 Å². The highest BCUT2D eigenvalue weighted by atomic mass is 16.5. The van der Waals surface area contributed by atoms with Gasteiger partial charge in [0.15, 0.2) is 0 Å². The molecule has 4 nitrogen and oxygen atoms in total. The molecule has 1 amide bonds. The summed E-state index contributed by atoms with van der Waals surface area (Å²) in [4.78, 5) is 23.4. The van der Waals surface area contributed by atoms with Crippen molar-refractivity contribution in [3.8, 4) is 5.75 Å². The molecule has 86 valence electrons. The van der Waals surface area contributed by atoms with Crippen LogP contribution in [0.25, 0.3) is 0 Å². The lowest BCUT2D eigenvalue weighted by Gasteiger charge is -2.20. The number of methoxy groups -OCH3 is 1. The van der Waals surface area contributed by atoms with Crippen LogP contribution in [0.3, 0.4) is 0 Å². The predicted molar refractivity (Wildman–Crippen MR) is 61.8 cm³/mol. The minimum atomic E-state index is -0.0830. The third-order valence-electron chi connectivity index (χ3n) is 2.45. The molecule has 0 heterocycles. The molecule has 0 saturated carbocycles. The Morgan fingerprint density at radius 2 is 2.19 bits per heavy atom. The maximum absolute atomic E-state index is 11.3. The van der Waals surface area contributed by atoms with Crippen LogP contribution in [0.15, 0.2) is 18.2 Å². The number of amides is 1. The summed E-state index contributed by atoms with van der Waals surface area (Å²) in [6.45, 7) is 1.48. The molecule has 0 aromatic heterocycles. The van der Waals surface area contributed by atoms with E-state index in [-0.39, 0.29) is 12.3 Å². The van der Waals surface area contributed by atoms with E-state index in [0.29, 0.717) is 11.4 Å². The van der Waals surface area contributed by atoms with Crippen molar-refractivity contribution in [2.45, 2.75) is 13.3 Å². The molecule has 1 aromatic rings. The number of anilines is 1. The first-order valence-electron chi connectivity index (χ1n) is 4.95. The van der Waals surface area contributed by atoms with Crippen molar-refractivity contribution >= 4 is 17.9 Å². The van der Waals surface area contributed by atoms with E-state index in [2.05, 4.69) is 0 Å². The zero-order chi connectivity index (χ0) is 12.1. The van der Waals surface area contributed by atoms with Crippen molar-refractivity contribution in [3.63, 3.8) is 0 Å². The lowest BCUT2D eigenvalue weighted by molar-refractivity contribution is -0.116. The predicted octanol–water partition coefficient (Wildman–Crippen LogP) is 1.42. The zero-order valence-electron chi connectivity index (χ0n) is 9.69. The summed E-state index contributed by atoms with van der Waals surface area (Å²) < 4.78 is 5.17. The number of rotatable bonds is 4. The normalized spacial score (nSPS) is 9.69. The summed E-state index contributed by atoms with van der Waals surface area (Å²) in [5, 5.41) is 0. The Kier molecular flexibility index (Phi) is 4.05. The smallest absolute Gasteiger partial charge is 0.223 e. The van der Waals surface area contributed by atoms with E-state index in [1.807, 2.05) is 0 Å². The summed E-state index contributed by atoms with van der Waals surface area (Å²) in [6, 6.07) is 5.36. The second kappa shape index (κ2) is 5.30. The van der Waals surface area contributed by atoms with Crippen LogP contribution in [0.2, 0.25) is 0 Å². The fraction of sp³-hybridized carbons (Fsp3) is 0.333. The highest BCUT2D eigenvalue weighted by Crippen LogP contribution is 2.28. The van der Waals surface area contributed by atoms with Crippen molar-refractivity contribution in [2.24, 2.45) is 0 Å². The van der Waals surface area contributed by atoms with Gasteiger partial charge in [-0.15, -0.1) is 0 Å². The molecule has 0 saturated heterocycles. The van der Waals surface area contributed by atoms with Crippen molar-refractivity contribution in [2.75, 3.05) is 19.1 Å². The van der Waals surface area contributed by atoms with Crippen LogP contribution in [-0.2, 0) is 16.0 Å². The fourth-order valence-electron chi connectivity index (χ4n) is 1.52. The Morgan fingerprint density at radius 1 is 1.50 bits per heavy atom. The van der Waals surface area contributed by atoms with E-state index in [0.717, 1.165) is 11.8 Å². The maximum Gasteiger partial charge on any atom is 0.223 e. The standard InChI is InChI=1S/C12H15NO3/c1-9(15)13(2)11-5-4-6-12(16-3)10(11)7-8-14/h4-6,8H,7H2,1-3H3. The van der Waals surface area contributed by atoms with Gasteiger partial charge in [-0.05, 0) is 12.1 Å². The van der Waals surface area contributed by atoms with Crippen LogP contribution in [0.5, 0.6) is 5.75 Å². The molecule has 0 N–H and O–H groups in total.